The number of nitrogens with zero attached hydrogens (tertiary/aromatic N) is 3. The summed E-state index contributed by atoms with van der Waals surface area (Å²) >= 11 is 5.88. The van der Waals surface area contributed by atoms with E-state index in [1.807, 2.05) is 24.3 Å². The molecule has 0 unspecified atom stereocenters. The van der Waals surface area contributed by atoms with E-state index in [0.29, 0.717) is 17.3 Å². The van der Waals surface area contributed by atoms with Crippen LogP contribution in [-0.2, 0) is 6.54 Å². The number of halogens is 1. The number of carbonyl (C=O) groups is 1. The first-order chi connectivity index (χ1) is 11.2. The second-order valence-electron chi connectivity index (χ2n) is 4.83. The molecule has 7 heteroatoms. The maximum absolute atomic E-state index is 11.9. The summed E-state index contributed by atoms with van der Waals surface area (Å²) in [7, 11) is 0. The van der Waals surface area contributed by atoms with Crippen molar-refractivity contribution < 1.29 is 4.79 Å². The Morgan fingerprint density at radius 3 is 2.83 bits per heavy atom. The zero-order valence-corrected chi connectivity index (χ0v) is 12.9. The molecule has 0 bridgehead atoms. The van der Waals surface area contributed by atoms with Crippen LogP contribution in [0.15, 0.2) is 61.2 Å². The minimum atomic E-state index is -0.293. The molecule has 1 heterocycles. The van der Waals surface area contributed by atoms with Gasteiger partial charge in [0.25, 0.3) is 0 Å². The number of anilines is 1. The first kappa shape index (κ1) is 15.1. The Morgan fingerprint density at radius 2 is 2.04 bits per heavy atom. The Labute approximate surface area is 138 Å². The van der Waals surface area contributed by atoms with Crippen LogP contribution in [-0.4, -0.2) is 20.8 Å². The maximum Gasteiger partial charge on any atom is 0.319 e. The lowest BCUT2D eigenvalue weighted by Gasteiger charge is -2.09. The molecule has 6 nitrogen and oxygen atoms in total. The van der Waals surface area contributed by atoms with E-state index in [9.17, 15) is 4.79 Å². The Hall–Kier alpha value is -2.86. The van der Waals surface area contributed by atoms with E-state index >= 15 is 0 Å². The predicted molar refractivity (Wildman–Crippen MR) is 88.7 cm³/mol. The lowest BCUT2D eigenvalue weighted by atomic mass is 10.2. The fraction of sp³-hybridized carbons (Fsp3) is 0.0625. The van der Waals surface area contributed by atoms with Crippen molar-refractivity contribution in [3.8, 4) is 5.69 Å². The van der Waals surface area contributed by atoms with Crippen molar-refractivity contribution in [2.24, 2.45) is 0 Å². The van der Waals surface area contributed by atoms with Gasteiger partial charge in [0, 0.05) is 17.3 Å². The molecule has 3 rings (SSSR count). The summed E-state index contributed by atoms with van der Waals surface area (Å²) in [6, 6.07) is 14.4. The van der Waals surface area contributed by atoms with Crippen LogP contribution in [0.2, 0.25) is 5.02 Å². The molecule has 2 amide bonds. The van der Waals surface area contributed by atoms with Gasteiger partial charge in [-0.15, -0.1) is 0 Å². The molecule has 23 heavy (non-hydrogen) atoms. The van der Waals surface area contributed by atoms with Crippen molar-refractivity contribution in [3.63, 3.8) is 0 Å². The minimum Gasteiger partial charge on any atom is -0.334 e. The SMILES string of the molecule is O=C(NCc1cccc(-n2cncn2)c1)Nc1cccc(Cl)c1. The fourth-order valence-corrected chi connectivity index (χ4v) is 2.26. The smallest absolute Gasteiger partial charge is 0.319 e. The molecule has 2 N–H and O–H groups in total. The van der Waals surface area contributed by atoms with Crippen molar-refractivity contribution in [3.05, 3.63) is 71.8 Å². The molecule has 0 saturated carbocycles. The second kappa shape index (κ2) is 6.93. The van der Waals surface area contributed by atoms with Crippen molar-refractivity contribution in [2.75, 3.05) is 5.32 Å². The molecule has 0 aliphatic rings. The van der Waals surface area contributed by atoms with Gasteiger partial charge in [-0.3, -0.25) is 0 Å². The van der Waals surface area contributed by atoms with E-state index in [1.165, 1.54) is 6.33 Å². The highest BCUT2D eigenvalue weighted by atomic mass is 35.5. The summed E-state index contributed by atoms with van der Waals surface area (Å²) in [5.41, 5.74) is 2.49. The summed E-state index contributed by atoms with van der Waals surface area (Å²) in [5, 5.41) is 10.2. The van der Waals surface area contributed by atoms with E-state index in [2.05, 4.69) is 20.7 Å². The molecule has 1 aromatic heterocycles. The molecule has 0 saturated heterocycles. The average molecular weight is 328 g/mol. The summed E-state index contributed by atoms with van der Waals surface area (Å²) in [5.74, 6) is 0. The first-order valence-corrected chi connectivity index (χ1v) is 7.33. The lowest BCUT2D eigenvalue weighted by Crippen LogP contribution is -2.28. The average Bonchev–Trinajstić information content (AvgIpc) is 3.08. The van der Waals surface area contributed by atoms with Gasteiger partial charge in [-0.1, -0.05) is 29.8 Å². The third-order valence-corrected chi connectivity index (χ3v) is 3.36. The highest BCUT2D eigenvalue weighted by molar-refractivity contribution is 6.30. The molecule has 0 atom stereocenters. The molecule has 0 aliphatic carbocycles. The van der Waals surface area contributed by atoms with Crippen LogP contribution in [0.25, 0.3) is 5.69 Å². The number of benzene rings is 2. The van der Waals surface area contributed by atoms with Gasteiger partial charge in [0.05, 0.1) is 5.69 Å². The predicted octanol–water partition coefficient (Wildman–Crippen LogP) is 3.24. The van der Waals surface area contributed by atoms with Gasteiger partial charge in [0.2, 0.25) is 0 Å². The van der Waals surface area contributed by atoms with E-state index < -0.39 is 0 Å². The zero-order valence-electron chi connectivity index (χ0n) is 12.1. The largest absolute Gasteiger partial charge is 0.334 e. The van der Waals surface area contributed by atoms with Crippen LogP contribution < -0.4 is 10.6 Å². The summed E-state index contributed by atoms with van der Waals surface area (Å²) in [4.78, 5) is 15.8. The Bertz CT molecular complexity index is 804. The highest BCUT2D eigenvalue weighted by Crippen LogP contribution is 2.14. The molecule has 0 fully saturated rings. The van der Waals surface area contributed by atoms with Gasteiger partial charge in [-0.05, 0) is 35.9 Å². The Kier molecular flexibility index (Phi) is 4.54. The number of hydrogen-bond acceptors (Lipinski definition) is 3. The van der Waals surface area contributed by atoms with Crippen LogP contribution in [0.3, 0.4) is 0 Å². The van der Waals surface area contributed by atoms with Crippen LogP contribution in [0.1, 0.15) is 5.56 Å². The Morgan fingerprint density at radius 1 is 1.17 bits per heavy atom. The van der Waals surface area contributed by atoms with Gasteiger partial charge >= 0.3 is 6.03 Å². The normalized spacial score (nSPS) is 10.3. The number of amides is 2. The van der Waals surface area contributed by atoms with Gasteiger partial charge in [-0.25, -0.2) is 14.5 Å². The standard InChI is InChI=1S/C16H14ClN5O/c17-13-4-2-5-14(8-13)21-16(23)19-9-12-3-1-6-15(7-12)22-11-18-10-20-22/h1-8,10-11H,9H2,(H2,19,21,23). The first-order valence-electron chi connectivity index (χ1n) is 6.95. The van der Waals surface area contributed by atoms with Crippen LogP contribution in [0, 0.1) is 0 Å². The molecular formula is C16H14ClN5O. The molecule has 0 spiro atoms. The Balaban J connectivity index is 1.60. The van der Waals surface area contributed by atoms with Gasteiger partial charge < -0.3 is 10.6 Å². The van der Waals surface area contributed by atoms with E-state index in [0.717, 1.165) is 11.3 Å². The van der Waals surface area contributed by atoms with Crippen LogP contribution in [0.4, 0.5) is 10.5 Å². The van der Waals surface area contributed by atoms with E-state index in [-0.39, 0.29) is 6.03 Å². The third kappa shape index (κ3) is 4.08. The third-order valence-electron chi connectivity index (χ3n) is 3.13. The number of rotatable bonds is 4. The van der Waals surface area contributed by atoms with Gasteiger partial charge in [0.1, 0.15) is 12.7 Å². The quantitative estimate of drug-likeness (QED) is 0.772. The molecular weight excluding hydrogens is 314 g/mol. The second-order valence-corrected chi connectivity index (χ2v) is 5.26. The van der Waals surface area contributed by atoms with Crippen LogP contribution >= 0.6 is 11.6 Å². The fourth-order valence-electron chi connectivity index (χ4n) is 2.07. The number of hydrogen-bond donors (Lipinski definition) is 2. The van der Waals surface area contributed by atoms with Crippen molar-refractivity contribution in [1.82, 2.24) is 20.1 Å². The minimum absolute atomic E-state index is 0.293. The molecule has 3 aromatic rings. The van der Waals surface area contributed by atoms with Gasteiger partial charge in [0.15, 0.2) is 0 Å². The van der Waals surface area contributed by atoms with Crippen molar-refractivity contribution in [1.29, 1.82) is 0 Å². The number of carbonyl (C=O) groups excluding carboxylic acids is 1. The monoisotopic (exact) mass is 327 g/mol. The summed E-state index contributed by atoms with van der Waals surface area (Å²) in [6.07, 6.45) is 3.10. The zero-order chi connectivity index (χ0) is 16.1. The van der Waals surface area contributed by atoms with Gasteiger partial charge in [-0.2, -0.15) is 5.10 Å². The number of nitrogens with one attached hydrogen (secondary N) is 2. The van der Waals surface area contributed by atoms with Crippen LogP contribution in [0.5, 0.6) is 0 Å². The lowest BCUT2D eigenvalue weighted by molar-refractivity contribution is 0.251. The van der Waals surface area contributed by atoms with E-state index in [4.69, 9.17) is 11.6 Å². The molecule has 0 radical (unpaired) electrons. The topological polar surface area (TPSA) is 71.8 Å². The maximum atomic E-state index is 11.9. The summed E-state index contributed by atoms with van der Waals surface area (Å²) < 4.78 is 1.66. The highest BCUT2D eigenvalue weighted by Gasteiger charge is 2.03. The van der Waals surface area contributed by atoms with E-state index in [1.54, 1.807) is 35.3 Å². The summed E-state index contributed by atoms with van der Waals surface area (Å²) in [6.45, 7) is 0.398. The van der Waals surface area contributed by atoms with Crippen molar-refractivity contribution >= 4 is 23.3 Å². The number of urea groups is 1. The molecule has 2 aromatic carbocycles. The molecule has 116 valence electrons. The molecule has 0 aliphatic heterocycles. The number of aromatic nitrogens is 3. The van der Waals surface area contributed by atoms with Crippen molar-refractivity contribution in [2.45, 2.75) is 6.54 Å².